The van der Waals surface area contributed by atoms with E-state index in [-0.39, 0.29) is 10.6 Å². The Morgan fingerprint density at radius 1 is 1.21 bits per heavy atom. The van der Waals surface area contributed by atoms with Gasteiger partial charge in [0, 0.05) is 11.3 Å². The third-order valence-electron chi connectivity index (χ3n) is 4.70. The molecule has 0 aliphatic heterocycles. The zero-order valence-corrected chi connectivity index (χ0v) is 14.4. The van der Waals surface area contributed by atoms with Gasteiger partial charge in [0.15, 0.2) is 0 Å². The number of hydrogen-bond donors (Lipinski definition) is 1. The maximum atomic E-state index is 13.0. The fraction of sp³-hybridized carbons (Fsp3) is 1.00. The molecule has 0 amide bonds. The lowest BCUT2D eigenvalue weighted by Gasteiger charge is -2.41. The van der Waals surface area contributed by atoms with Crippen molar-refractivity contribution in [1.29, 1.82) is 0 Å². The zero-order valence-electron chi connectivity index (χ0n) is 13.5. The minimum absolute atomic E-state index is 0.241. The van der Waals surface area contributed by atoms with Gasteiger partial charge in [-0.3, -0.25) is 4.57 Å². The zero-order chi connectivity index (χ0) is 14.7. The average molecular weight is 288 g/mol. The fourth-order valence-corrected chi connectivity index (χ4v) is 6.76. The molecule has 1 aliphatic rings. The van der Waals surface area contributed by atoms with Crippen LogP contribution in [0.4, 0.5) is 0 Å². The Balaban J connectivity index is 2.75. The van der Waals surface area contributed by atoms with Crippen molar-refractivity contribution >= 4 is 7.37 Å². The molecule has 19 heavy (non-hydrogen) atoms. The molecule has 3 heteroatoms. The number of hydrogen-bond acceptors (Lipinski definition) is 1. The van der Waals surface area contributed by atoms with Gasteiger partial charge in [-0.2, -0.15) is 0 Å². The van der Waals surface area contributed by atoms with Gasteiger partial charge in [0.2, 0.25) is 7.37 Å². The average Bonchev–Trinajstić information content (AvgIpc) is 2.26. The maximum absolute atomic E-state index is 13.0. The highest BCUT2D eigenvalue weighted by molar-refractivity contribution is 7.59. The van der Waals surface area contributed by atoms with Crippen LogP contribution in [0.3, 0.4) is 0 Å². The van der Waals surface area contributed by atoms with Crippen LogP contribution < -0.4 is 0 Å². The van der Waals surface area contributed by atoms with Crippen LogP contribution in [0.1, 0.15) is 79.6 Å². The SMILES string of the molecule is CCC1(P(=O)(O)CC(C)CC(C)(C)C)CCCCC1. The lowest BCUT2D eigenvalue weighted by Crippen LogP contribution is -2.33. The minimum Gasteiger partial charge on any atom is -0.344 e. The summed E-state index contributed by atoms with van der Waals surface area (Å²) in [5.74, 6) is 0.334. The summed E-state index contributed by atoms with van der Waals surface area (Å²) in [7, 11) is -3.04. The van der Waals surface area contributed by atoms with Gasteiger partial charge in [-0.25, -0.2) is 0 Å². The van der Waals surface area contributed by atoms with Gasteiger partial charge in [-0.05, 0) is 37.0 Å². The van der Waals surface area contributed by atoms with Crippen LogP contribution >= 0.6 is 7.37 Å². The molecule has 1 aliphatic carbocycles. The van der Waals surface area contributed by atoms with E-state index in [1.54, 1.807) is 0 Å². The summed E-state index contributed by atoms with van der Waals surface area (Å²) >= 11 is 0. The third-order valence-corrected chi connectivity index (χ3v) is 8.07. The molecular weight excluding hydrogens is 255 g/mol. The smallest absolute Gasteiger partial charge is 0.206 e. The summed E-state index contributed by atoms with van der Waals surface area (Å²) in [6.45, 7) is 10.9. The predicted molar refractivity (Wildman–Crippen MR) is 84.0 cm³/mol. The van der Waals surface area contributed by atoms with Crippen molar-refractivity contribution < 1.29 is 9.46 Å². The predicted octanol–water partition coefficient (Wildman–Crippen LogP) is 5.44. The molecule has 0 aromatic carbocycles. The summed E-state index contributed by atoms with van der Waals surface area (Å²) in [6, 6.07) is 0. The van der Waals surface area contributed by atoms with Crippen molar-refractivity contribution in [3.8, 4) is 0 Å². The molecule has 2 unspecified atom stereocenters. The Hall–Kier alpha value is 0.190. The van der Waals surface area contributed by atoms with Gasteiger partial charge in [0.25, 0.3) is 0 Å². The van der Waals surface area contributed by atoms with Crippen LogP contribution in [0, 0.1) is 11.3 Å². The lowest BCUT2D eigenvalue weighted by atomic mass is 9.86. The molecule has 1 rings (SSSR count). The van der Waals surface area contributed by atoms with E-state index in [2.05, 4.69) is 34.6 Å². The van der Waals surface area contributed by atoms with Crippen molar-refractivity contribution in [2.75, 3.05) is 6.16 Å². The van der Waals surface area contributed by atoms with Crippen molar-refractivity contribution in [1.82, 2.24) is 0 Å². The van der Waals surface area contributed by atoms with Gasteiger partial charge in [-0.1, -0.05) is 53.9 Å². The van der Waals surface area contributed by atoms with Crippen molar-refractivity contribution in [2.45, 2.75) is 84.7 Å². The second-order valence-corrected chi connectivity index (χ2v) is 10.6. The largest absolute Gasteiger partial charge is 0.344 e. The normalized spacial score (nSPS) is 24.7. The lowest BCUT2D eigenvalue weighted by molar-refractivity contribution is 0.299. The highest BCUT2D eigenvalue weighted by Crippen LogP contribution is 2.63. The highest BCUT2D eigenvalue weighted by atomic mass is 31.2. The first kappa shape index (κ1) is 17.2. The molecule has 0 saturated heterocycles. The van der Waals surface area contributed by atoms with E-state index in [0.29, 0.717) is 12.1 Å². The fourth-order valence-electron chi connectivity index (χ4n) is 3.89. The second kappa shape index (κ2) is 6.31. The van der Waals surface area contributed by atoms with Crippen LogP contribution in [0.25, 0.3) is 0 Å². The highest BCUT2D eigenvalue weighted by Gasteiger charge is 2.46. The van der Waals surface area contributed by atoms with Crippen LogP contribution in [-0.2, 0) is 4.57 Å². The Morgan fingerprint density at radius 2 is 1.74 bits per heavy atom. The molecule has 2 nitrogen and oxygen atoms in total. The summed E-state index contributed by atoms with van der Waals surface area (Å²) in [5, 5.41) is -0.266. The van der Waals surface area contributed by atoms with E-state index >= 15 is 0 Å². The van der Waals surface area contributed by atoms with Crippen LogP contribution in [0.5, 0.6) is 0 Å². The Bertz CT molecular complexity index is 324. The molecule has 114 valence electrons. The van der Waals surface area contributed by atoms with Crippen LogP contribution in [0.2, 0.25) is 0 Å². The first-order valence-corrected chi connectivity index (χ1v) is 9.78. The van der Waals surface area contributed by atoms with Crippen molar-refractivity contribution in [3.63, 3.8) is 0 Å². The Morgan fingerprint density at radius 3 is 2.16 bits per heavy atom. The standard InChI is InChI=1S/C16H33O2P/c1-6-16(10-8-7-9-11-16)19(17,18)13-14(2)12-15(3,4)5/h14H,6-13H2,1-5H3,(H,17,18). The molecular formula is C16H33O2P. The van der Waals surface area contributed by atoms with Crippen molar-refractivity contribution in [2.24, 2.45) is 11.3 Å². The number of rotatable bonds is 5. The van der Waals surface area contributed by atoms with E-state index < -0.39 is 7.37 Å². The van der Waals surface area contributed by atoms with Gasteiger partial charge in [0.05, 0.1) is 0 Å². The first-order chi connectivity index (χ1) is 8.62. The Kier molecular flexibility index (Phi) is 5.72. The monoisotopic (exact) mass is 288 g/mol. The molecule has 0 radical (unpaired) electrons. The molecule has 0 bridgehead atoms. The van der Waals surface area contributed by atoms with Gasteiger partial charge < -0.3 is 4.89 Å². The van der Waals surface area contributed by atoms with E-state index in [1.165, 1.54) is 6.42 Å². The quantitative estimate of drug-likeness (QED) is 0.684. The van der Waals surface area contributed by atoms with Crippen LogP contribution in [0.15, 0.2) is 0 Å². The summed E-state index contributed by atoms with van der Waals surface area (Å²) in [6.07, 6.45) is 7.81. The topological polar surface area (TPSA) is 37.3 Å². The summed E-state index contributed by atoms with van der Waals surface area (Å²) < 4.78 is 13.0. The van der Waals surface area contributed by atoms with E-state index in [0.717, 1.165) is 38.5 Å². The van der Waals surface area contributed by atoms with Crippen LogP contribution in [-0.4, -0.2) is 16.2 Å². The first-order valence-electron chi connectivity index (χ1n) is 7.94. The molecule has 1 saturated carbocycles. The van der Waals surface area contributed by atoms with E-state index in [4.69, 9.17) is 0 Å². The van der Waals surface area contributed by atoms with Gasteiger partial charge >= 0.3 is 0 Å². The molecule has 0 aromatic rings. The third kappa shape index (κ3) is 4.60. The summed E-state index contributed by atoms with van der Waals surface area (Å²) in [5.41, 5.74) is 0.241. The molecule has 2 atom stereocenters. The van der Waals surface area contributed by atoms with E-state index in [9.17, 15) is 9.46 Å². The van der Waals surface area contributed by atoms with Gasteiger partial charge in [-0.15, -0.1) is 0 Å². The van der Waals surface area contributed by atoms with Gasteiger partial charge in [0.1, 0.15) is 0 Å². The second-order valence-electron chi connectivity index (χ2n) is 7.89. The maximum Gasteiger partial charge on any atom is 0.206 e. The molecule has 0 heterocycles. The molecule has 1 N–H and O–H groups in total. The molecule has 0 spiro atoms. The minimum atomic E-state index is -3.04. The summed E-state index contributed by atoms with van der Waals surface area (Å²) in [4.78, 5) is 10.7. The van der Waals surface area contributed by atoms with Crippen molar-refractivity contribution in [3.05, 3.63) is 0 Å². The molecule has 1 fully saturated rings. The van der Waals surface area contributed by atoms with E-state index in [1.807, 2.05) is 0 Å². The Labute approximate surface area is 119 Å². The molecule has 0 aromatic heterocycles.